The largest absolute Gasteiger partial charge is 0.458 e. The molecule has 1 unspecified atom stereocenters. The zero-order valence-electron chi connectivity index (χ0n) is 35.1. The van der Waals surface area contributed by atoms with Crippen LogP contribution in [0.4, 0.5) is 9.59 Å². The lowest BCUT2D eigenvalue weighted by molar-refractivity contribution is -0.299. The van der Waals surface area contributed by atoms with E-state index in [-0.39, 0.29) is 48.8 Å². The Balaban J connectivity index is 1.65. The van der Waals surface area contributed by atoms with Crippen molar-refractivity contribution in [2.75, 3.05) is 27.2 Å². The fourth-order valence-electron chi connectivity index (χ4n) is 9.23. The van der Waals surface area contributed by atoms with E-state index in [9.17, 15) is 32.7 Å². The molecule has 1 aromatic rings. The first-order valence-electron chi connectivity index (χ1n) is 20.2. The van der Waals surface area contributed by atoms with Gasteiger partial charge in [0.1, 0.15) is 29.7 Å². The molecule has 17 nitrogen and oxygen atoms in total. The molecule has 4 N–H and O–H groups in total. The second kappa shape index (κ2) is 18.1. The van der Waals surface area contributed by atoms with E-state index >= 15 is 0 Å². The first kappa shape index (κ1) is 45.7. The molecule has 15 atom stereocenters. The van der Waals surface area contributed by atoms with E-state index < -0.39 is 106 Å². The van der Waals surface area contributed by atoms with Crippen molar-refractivity contribution in [1.29, 1.82) is 0 Å². The van der Waals surface area contributed by atoms with Gasteiger partial charge < -0.3 is 49.1 Å². The normalized spacial score (nSPS) is 40.9. The summed E-state index contributed by atoms with van der Waals surface area (Å²) in [5, 5.41) is 17.1. The first-order chi connectivity index (χ1) is 27.1. The Bertz CT molecular complexity index is 1750. The number of Topliss-reactive ketones (excluding diaryl/α,β-unsaturated/α-hetero) is 1. The number of amides is 2. The number of ketones is 1. The molecule has 4 aliphatic rings. The Kier molecular flexibility index (Phi) is 14.2. The maximum atomic E-state index is 14.5. The van der Waals surface area contributed by atoms with Gasteiger partial charge >= 0.3 is 18.2 Å². The summed E-state index contributed by atoms with van der Waals surface area (Å²) in [7, 11) is -0.450. The third-order valence-corrected chi connectivity index (χ3v) is 13.9. The number of hydrogen-bond acceptors (Lipinski definition) is 14. The van der Waals surface area contributed by atoms with Crippen LogP contribution in [0.15, 0.2) is 35.2 Å². The maximum absolute atomic E-state index is 14.5. The van der Waals surface area contributed by atoms with Gasteiger partial charge in [-0.05, 0) is 73.2 Å². The third-order valence-electron chi connectivity index (χ3n) is 12.3. The minimum absolute atomic E-state index is 0.0102. The van der Waals surface area contributed by atoms with E-state index in [2.05, 4.69) is 15.4 Å². The lowest BCUT2D eigenvalue weighted by Crippen LogP contribution is -2.61. The molecule has 4 heterocycles. The number of hydrogen-bond donors (Lipinski definition) is 4. The van der Waals surface area contributed by atoms with Crippen LogP contribution in [0, 0.1) is 23.7 Å². The van der Waals surface area contributed by atoms with Gasteiger partial charge in [-0.25, -0.2) is 22.7 Å². The molecule has 4 aliphatic heterocycles. The van der Waals surface area contributed by atoms with Gasteiger partial charge in [0, 0.05) is 30.3 Å². The van der Waals surface area contributed by atoms with Crippen molar-refractivity contribution in [2.24, 2.45) is 23.7 Å². The van der Waals surface area contributed by atoms with Crippen LogP contribution < -0.4 is 15.4 Å². The number of carbonyl (C=O) groups excluding carboxylic acids is 4. The predicted molar refractivity (Wildman–Crippen MR) is 209 cm³/mol. The number of esters is 1. The molecule has 4 fully saturated rings. The third kappa shape index (κ3) is 9.63. The Labute approximate surface area is 341 Å². The van der Waals surface area contributed by atoms with Crippen molar-refractivity contribution < 1.29 is 61.1 Å². The minimum atomic E-state index is -4.12. The number of nitrogens with zero attached hydrogens (tertiary/aromatic N) is 1. The monoisotopic (exact) mass is 838 g/mol. The fourth-order valence-corrected chi connectivity index (χ4v) is 10.5. The summed E-state index contributed by atoms with van der Waals surface area (Å²) >= 11 is 0. The summed E-state index contributed by atoms with van der Waals surface area (Å²) in [4.78, 5) is 57.5. The number of ether oxygens (including phenoxy) is 6. The maximum Gasteiger partial charge on any atom is 0.408 e. The average Bonchev–Trinajstić information content (AvgIpc) is 3.47. The molecule has 5 rings (SSSR count). The number of rotatable bonds is 7. The average molecular weight is 839 g/mol. The van der Waals surface area contributed by atoms with Crippen LogP contribution in [0.3, 0.4) is 0 Å². The number of carbonyl (C=O) groups is 4. The number of likely N-dealkylation sites (N-methyl/N-ethyl adjacent to an activating group) is 1. The fraction of sp³-hybridized carbons (Fsp3) is 0.750. The molecular formula is C40H62N4O13S. The molecule has 2 amide bonds. The number of cyclic esters (lactones) is 1. The van der Waals surface area contributed by atoms with E-state index in [0.29, 0.717) is 6.42 Å². The number of fused-ring (bicyclic) bond motifs is 4. The number of aliphatic hydroxyl groups is 1. The van der Waals surface area contributed by atoms with Crippen LogP contribution in [-0.2, 0) is 48.0 Å². The molecule has 0 aromatic heterocycles. The molecule has 4 saturated heterocycles. The summed E-state index contributed by atoms with van der Waals surface area (Å²) in [5.74, 6) is -4.65. The van der Waals surface area contributed by atoms with Crippen molar-refractivity contribution in [3.05, 3.63) is 30.3 Å². The van der Waals surface area contributed by atoms with E-state index in [4.69, 9.17) is 28.4 Å². The molecule has 0 radical (unpaired) electrons. The van der Waals surface area contributed by atoms with E-state index in [1.165, 1.54) is 12.1 Å². The van der Waals surface area contributed by atoms with Crippen LogP contribution in [0.1, 0.15) is 74.7 Å². The molecule has 0 aliphatic carbocycles. The van der Waals surface area contributed by atoms with Gasteiger partial charge in [0.2, 0.25) is 10.0 Å². The molecule has 18 heteroatoms. The molecule has 0 saturated carbocycles. The molecule has 58 heavy (non-hydrogen) atoms. The van der Waals surface area contributed by atoms with Crippen molar-refractivity contribution in [3.8, 4) is 0 Å². The van der Waals surface area contributed by atoms with Gasteiger partial charge in [0.15, 0.2) is 11.9 Å². The molecule has 0 spiro atoms. The van der Waals surface area contributed by atoms with Crippen LogP contribution in [0.5, 0.6) is 0 Å². The van der Waals surface area contributed by atoms with Gasteiger partial charge in [-0.15, -0.1) is 0 Å². The Morgan fingerprint density at radius 3 is 2.29 bits per heavy atom. The lowest BCUT2D eigenvalue weighted by Gasteiger charge is -2.48. The van der Waals surface area contributed by atoms with Crippen LogP contribution >= 0.6 is 0 Å². The summed E-state index contributed by atoms with van der Waals surface area (Å²) in [6.07, 6.45) is -7.14. The highest BCUT2D eigenvalue weighted by molar-refractivity contribution is 7.89. The van der Waals surface area contributed by atoms with Crippen LogP contribution in [0.25, 0.3) is 0 Å². The lowest BCUT2D eigenvalue weighted by atomic mass is 9.73. The van der Waals surface area contributed by atoms with Crippen molar-refractivity contribution >= 4 is 34.0 Å². The van der Waals surface area contributed by atoms with Crippen molar-refractivity contribution in [2.45, 2.75) is 146 Å². The topological polar surface area (TPSA) is 217 Å². The second-order valence-corrected chi connectivity index (χ2v) is 18.8. The molecular weight excluding hydrogens is 777 g/mol. The van der Waals surface area contributed by atoms with E-state index in [1.54, 1.807) is 66.7 Å². The van der Waals surface area contributed by atoms with Crippen molar-refractivity contribution in [1.82, 2.24) is 20.3 Å². The van der Waals surface area contributed by atoms with E-state index in [1.807, 2.05) is 25.9 Å². The number of benzene rings is 1. The van der Waals surface area contributed by atoms with Gasteiger partial charge in [-0.3, -0.25) is 9.59 Å². The SMILES string of the molecule is CC[C@H]1OC(=O)[C@H](C)[C@H]2OCC(NS(=O)(=O)c3ccccc3)CNC(=O)O[C@](C)(C[C@@H](C)C(=O)[C@H](C)[C@@H]3NC(=O)O[C@]13C)[C@H](O[C@@H]1O[C@H](C)C[C@H](N(C)C)[C@H]1O)[C@H]2C. The highest BCUT2D eigenvalue weighted by Crippen LogP contribution is 2.42. The number of alkyl carbamates (subject to hydrolysis) is 2. The zero-order valence-corrected chi connectivity index (χ0v) is 35.9. The Morgan fingerprint density at radius 2 is 1.66 bits per heavy atom. The van der Waals surface area contributed by atoms with Crippen molar-refractivity contribution in [3.63, 3.8) is 0 Å². The first-order valence-corrected chi connectivity index (χ1v) is 21.6. The van der Waals surface area contributed by atoms with Crippen LogP contribution in [-0.4, -0.2) is 136 Å². The van der Waals surface area contributed by atoms with E-state index in [0.717, 1.165) is 0 Å². The van der Waals surface area contributed by atoms with Gasteiger partial charge in [-0.1, -0.05) is 45.9 Å². The van der Waals surface area contributed by atoms with Crippen LogP contribution in [0.2, 0.25) is 0 Å². The summed E-state index contributed by atoms with van der Waals surface area (Å²) < 4.78 is 67.5. The predicted octanol–water partition coefficient (Wildman–Crippen LogP) is 2.73. The standard InChI is InChI=1S/C40H62N4O13S/c1-11-29-40(8)33(42-38(49)57-40)23(4)30(45)21(2)18-39(7)34(55-36-31(46)28(44(9)10)17-22(3)53-36)24(5)32(25(6)35(47)54-29)52-20-26(19-41-37(48)56-39)43-58(50,51)27-15-13-12-14-16-27/h12-16,21-26,28-29,31-34,36,43,46H,11,17-20H2,1-10H3,(H,41,48)(H,42,49)/t21-,22-,23+,24+,25-,26?,28+,29-,31-,32+,33+,34-,36+,39-,40-/m1/s1. The molecule has 1 aromatic carbocycles. The number of aliphatic hydroxyl groups excluding tert-OH is 1. The highest BCUT2D eigenvalue weighted by Gasteiger charge is 2.58. The van der Waals surface area contributed by atoms with Gasteiger partial charge in [0.05, 0.1) is 41.7 Å². The number of nitrogens with one attached hydrogen (secondary N) is 3. The summed E-state index contributed by atoms with van der Waals surface area (Å²) in [5.41, 5.74) is -3.12. The van der Waals surface area contributed by atoms with Gasteiger partial charge in [0.25, 0.3) is 0 Å². The Morgan fingerprint density at radius 1 is 0.983 bits per heavy atom. The highest BCUT2D eigenvalue weighted by atomic mass is 32.2. The Hall–Kier alpha value is -3.39. The molecule has 2 bridgehead atoms. The molecule has 326 valence electrons. The number of sulfonamides is 1. The smallest absolute Gasteiger partial charge is 0.408 e. The van der Waals surface area contributed by atoms with Gasteiger partial charge in [-0.2, -0.15) is 0 Å². The zero-order chi connectivity index (χ0) is 42.9. The quantitative estimate of drug-likeness (QED) is 0.230. The second-order valence-electron chi connectivity index (χ2n) is 17.1. The summed E-state index contributed by atoms with van der Waals surface area (Å²) in [6.45, 7) is 13.0. The summed E-state index contributed by atoms with van der Waals surface area (Å²) in [6, 6.07) is 5.38. The minimum Gasteiger partial charge on any atom is -0.458 e.